The maximum Gasteiger partial charge on any atom is 0.311 e. The molecule has 0 bridgehead atoms. The average Bonchev–Trinajstić information content (AvgIpc) is 2.15. The third-order valence-corrected chi connectivity index (χ3v) is 2.12. The van der Waals surface area contributed by atoms with Crippen molar-refractivity contribution in [2.24, 2.45) is 0 Å². The minimum absolute atomic E-state index is 0.0225. The maximum atomic E-state index is 10.8. The summed E-state index contributed by atoms with van der Waals surface area (Å²) in [6.07, 6.45) is 0. The van der Waals surface area contributed by atoms with Crippen LogP contribution in [0.1, 0.15) is 11.1 Å². The first-order chi connectivity index (χ1) is 7.06. The number of ether oxygens (including phenoxy) is 1. The molecular weight excluding hydrogens is 214 g/mol. The van der Waals surface area contributed by atoms with Crippen LogP contribution in [0.3, 0.4) is 0 Å². The third-order valence-electron chi connectivity index (χ3n) is 1.93. The number of hydrogen-bond donors (Lipinski definition) is 1. The maximum absolute atomic E-state index is 10.8. The van der Waals surface area contributed by atoms with E-state index in [0.717, 1.165) is 11.1 Å². The Hall–Kier alpha value is -1.23. The van der Waals surface area contributed by atoms with Gasteiger partial charge in [-0.15, -0.1) is 0 Å². The van der Waals surface area contributed by atoms with Gasteiger partial charge in [0.15, 0.2) is 5.75 Å². The molecule has 0 amide bonds. The van der Waals surface area contributed by atoms with E-state index in [1.807, 2.05) is 13.0 Å². The second-order valence-electron chi connectivity index (χ2n) is 3.26. The molecule has 0 aromatic heterocycles. The van der Waals surface area contributed by atoms with Gasteiger partial charge in [0.25, 0.3) is 0 Å². The monoisotopic (exact) mass is 227 g/mol. The molecule has 0 aliphatic heterocycles. The van der Waals surface area contributed by atoms with E-state index in [1.54, 1.807) is 6.92 Å². The highest BCUT2D eigenvalue weighted by Gasteiger charge is 2.17. The fraction of sp³-hybridized carbons (Fsp3) is 0.400. The van der Waals surface area contributed by atoms with Crippen LogP contribution in [0.2, 0.25) is 0 Å². The Bertz CT molecular complexity index is 379. The molecule has 0 aliphatic carbocycles. The normalized spacial score (nSPS) is 10.1. The van der Waals surface area contributed by atoms with Gasteiger partial charge in [0.1, 0.15) is 0 Å². The van der Waals surface area contributed by atoms with Gasteiger partial charge in [-0.25, -0.2) is 0 Å². The fourth-order valence-electron chi connectivity index (χ4n) is 1.40. The lowest BCUT2D eigenvalue weighted by atomic mass is 10.1. The first kappa shape index (κ1) is 11.8. The van der Waals surface area contributed by atoms with E-state index in [0.29, 0.717) is 18.1 Å². The molecule has 0 heterocycles. The zero-order valence-corrected chi connectivity index (χ0v) is 9.58. The summed E-state index contributed by atoms with van der Waals surface area (Å²) in [6, 6.07) is 3.38. The molecule has 4 nitrogen and oxygen atoms in total. The number of thiol groups is 1. The summed E-state index contributed by atoms with van der Waals surface area (Å²) in [5.41, 5.74) is 1.66. The van der Waals surface area contributed by atoms with Crippen molar-refractivity contribution in [2.45, 2.75) is 13.8 Å². The SMILES string of the molecule is Cc1cc(C)c(OCCS)c([N+](=O)[O-])c1. The molecule has 5 heteroatoms. The molecule has 1 aromatic carbocycles. The summed E-state index contributed by atoms with van der Waals surface area (Å²) in [4.78, 5) is 10.4. The molecule has 0 aliphatic rings. The highest BCUT2D eigenvalue weighted by atomic mass is 32.1. The second kappa shape index (κ2) is 5.02. The van der Waals surface area contributed by atoms with E-state index in [9.17, 15) is 10.1 Å². The van der Waals surface area contributed by atoms with Crippen molar-refractivity contribution in [2.75, 3.05) is 12.4 Å². The number of aryl methyl sites for hydroxylation is 2. The molecule has 0 N–H and O–H groups in total. The number of rotatable bonds is 4. The van der Waals surface area contributed by atoms with Crippen LogP contribution in [-0.2, 0) is 0 Å². The van der Waals surface area contributed by atoms with Crippen LogP contribution in [0.25, 0.3) is 0 Å². The second-order valence-corrected chi connectivity index (χ2v) is 3.71. The molecule has 0 unspecified atom stereocenters. The molecule has 15 heavy (non-hydrogen) atoms. The van der Waals surface area contributed by atoms with Gasteiger partial charge in [-0.2, -0.15) is 12.6 Å². The number of benzene rings is 1. The predicted octanol–water partition coefficient (Wildman–Crippen LogP) is 2.52. The van der Waals surface area contributed by atoms with Crippen molar-refractivity contribution in [1.29, 1.82) is 0 Å². The van der Waals surface area contributed by atoms with Gasteiger partial charge in [-0.3, -0.25) is 10.1 Å². The van der Waals surface area contributed by atoms with Crippen LogP contribution in [0, 0.1) is 24.0 Å². The van der Waals surface area contributed by atoms with Gasteiger partial charge in [-0.1, -0.05) is 6.07 Å². The van der Waals surface area contributed by atoms with Crippen LogP contribution < -0.4 is 4.74 Å². The lowest BCUT2D eigenvalue weighted by Crippen LogP contribution is -2.03. The molecule has 1 rings (SSSR count). The third kappa shape index (κ3) is 2.86. The van der Waals surface area contributed by atoms with Gasteiger partial charge >= 0.3 is 5.69 Å². The lowest BCUT2D eigenvalue weighted by molar-refractivity contribution is -0.385. The first-order valence-corrected chi connectivity index (χ1v) is 5.18. The number of hydrogen-bond acceptors (Lipinski definition) is 4. The quantitative estimate of drug-likeness (QED) is 0.488. The van der Waals surface area contributed by atoms with E-state index in [4.69, 9.17) is 4.74 Å². The Morgan fingerprint density at radius 2 is 2.13 bits per heavy atom. The Morgan fingerprint density at radius 1 is 1.47 bits per heavy atom. The Morgan fingerprint density at radius 3 is 2.67 bits per heavy atom. The fourth-order valence-corrected chi connectivity index (χ4v) is 1.49. The van der Waals surface area contributed by atoms with Gasteiger partial charge < -0.3 is 4.74 Å². The predicted molar refractivity (Wildman–Crippen MR) is 61.9 cm³/mol. The van der Waals surface area contributed by atoms with E-state index in [1.165, 1.54) is 6.07 Å². The Labute approximate surface area is 93.8 Å². The van der Waals surface area contributed by atoms with Crippen molar-refractivity contribution in [3.63, 3.8) is 0 Å². The highest BCUT2D eigenvalue weighted by molar-refractivity contribution is 7.80. The molecule has 82 valence electrons. The molecule has 0 atom stereocenters. The summed E-state index contributed by atoms with van der Waals surface area (Å²) < 4.78 is 5.32. The van der Waals surface area contributed by atoms with E-state index >= 15 is 0 Å². The van der Waals surface area contributed by atoms with Crippen molar-refractivity contribution >= 4 is 18.3 Å². The number of nitro groups is 1. The highest BCUT2D eigenvalue weighted by Crippen LogP contribution is 2.31. The molecule has 1 aromatic rings. The van der Waals surface area contributed by atoms with E-state index in [-0.39, 0.29) is 5.69 Å². The van der Waals surface area contributed by atoms with Crippen LogP contribution >= 0.6 is 12.6 Å². The Kier molecular flexibility index (Phi) is 3.96. The summed E-state index contributed by atoms with van der Waals surface area (Å²) >= 11 is 4.00. The molecule has 0 saturated heterocycles. The lowest BCUT2D eigenvalue weighted by Gasteiger charge is -2.09. The first-order valence-electron chi connectivity index (χ1n) is 4.55. The summed E-state index contributed by atoms with van der Waals surface area (Å²) in [5, 5.41) is 10.8. The average molecular weight is 227 g/mol. The summed E-state index contributed by atoms with van der Waals surface area (Å²) in [5.74, 6) is 0.879. The van der Waals surface area contributed by atoms with Gasteiger partial charge in [0.05, 0.1) is 11.5 Å². The smallest absolute Gasteiger partial charge is 0.311 e. The summed E-state index contributed by atoms with van der Waals surface area (Å²) in [6.45, 7) is 3.99. The van der Waals surface area contributed by atoms with Crippen molar-refractivity contribution in [3.8, 4) is 5.75 Å². The number of nitrogens with zero attached hydrogens (tertiary/aromatic N) is 1. The molecule has 0 fully saturated rings. The minimum atomic E-state index is -0.423. The van der Waals surface area contributed by atoms with Crippen LogP contribution in [0.15, 0.2) is 12.1 Å². The largest absolute Gasteiger partial charge is 0.486 e. The van der Waals surface area contributed by atoms with E-state index < -0.39 is 4.92 Å². The van der Waals surface area contributed by atoms with Crippen LogP contribution in [0.5, 0.6) is 5.75 Å². The molecule has 0 radical (unpaired) electrons. The zero-order valence-electron chi connectivity index (χ0n) is 8.69. The van der Waals surface area contributed by atoms with Crippen LogP contribution in [-0.4, -0.2) is 17.3 Å². The standard InChI is InChI=1S/C10H13NO3S/c1-7-5-8(2)10(14-3-4-15)9(6-7)11(12)13/h5-6,15H,3-4H2,1-2H3. The molecular formula is C10H13NO3S. The number of nitro benzene ring substituents is 1. The van der Waals surface area contributed by atoms with Gasteiger partial charge in [0, 0.05) is 11.8 Å². The topological polar surface area (TPSA) is 52.4 Å². The van der Waals surface area contributed by atoms with E-state index in [2.05, 4.69) is 12.6 Å². The van der Waals surface area contributed by atoms with Gasteiger partial charge in [-0.05, 0) is 25.0 Å². The van der Waals surface area contributed by atoms with Crippen molar-refractivity contribution < 1.29 is 9.66 Å². The Balaban J connectivity index is 3.15. The van der Waals surface area contributed by atoms with Crippen molar-refractivity contribution in [1.82, 2.24) is 0 Å². The molecule has 0 spiro atoms. The van der Waals surface area contributed by atoms with Crippen molar-refractivity contribution in [3.05, 3.63) is 33.4 Å². The van der Waals surface area contributed by atoms with Crippen LogP contribution in [0.4, 0.5) is 5.69 Å². The minimum Gasteiger partial charge on any atom is -0.486 e. The summed E-state index contributed by atoms with van der Waals surface area (Å²) in [7, 11) is 0. The molecule has 0 saturated carbocycles. The zero-order chi connectivity index (χ0) is 11.4. The van der Waals surface area contributed by atoms with Gasteiger partial charge in [0.2, 0.25) is 0 Å².